The quantitative estimate of drug-likeness (QED) is 0.473. The third kappa shape index (κ3) is 5.29. The molecule has 216 valence electrons. The van der Waals surface area contributed by atoms with Gasteiger partial charge in [-0.3, -0.25) is 14.7 Å². The number of halogens is 1. The molecule has 8 nitrogen and oxygen atoms in total. The van der Waals surface area contributed by atoms with E-state index in [1.54, 1.807) is 17.9 Å². The number of carbonyl (C=O) groups excluding carboxylic acids is 1. The van der Waals surface area contributed by atoms with Gasteiger partial charge in [-0.15, -0.1) is 0 Å². The van der Waals surface area contributed by atoms with Crippen molar-refractivity contribution in [3.63, 3.8) is 0 Å². The van der Waals surface area contributed by atoms with Crippen molar-refractivity contribution in [2.45, 2.75) is 70.5 Å². The van der Waals surface area contributed by atoms with Crippen LogP contribution < -0.4 is 15.2 Å². The number of nitrogens with one attached hydrogen (secondary N) is 1. The Morgan fingerprint density at radius 2 is 1.88 bits per heavy atom. The highest BCUT2D eigenvalue weighted by Crippen LogP contribution is 2.48. The number of ketones is 1. The van der Waals surface area contributed by atoms with Gasteiger partial charge in [0.05, 0.1) is 17.8 Å². The first-order chi connectivity index (χ1) is 19.0. The van der Waals surface area contributed by atoms with Crippen LogP contribution >= 0.6 is 0 Å². The minimum atomic E-state index is -0.862. The van der Waals surface area contributed by atoms with Gasteiger partial charge in [0, 0.05) is 31.6 Å². The van der Waals surface area contributed by atoms with Crippen molar-refractivity contribution in [2.75, 3.05) is 37.8 Å². The number of anilines is 1. The summed E-state index contributed by atoms with van der Waals surface area (Å²) in [6.07, 6.45) is 1.46. The standard InChI is InChI=1S/C31H41FN4O4/c1-21(37)31(14-8-9-15-34-16-17-35(29(38)39)27(19-34)30(2,3)4)28(22-10-6-5-7-11-22)25-20-40-26-13-12-23(32)18-24(26)36(25)33-31/h5-7,10-13,18,25,27-28,33H,8-9,14-17,19-20H2,1-4H3,(H,38,39)/t25?,27?,28-,31?/m1/s1. The zero-order chi connectivity index (χ0) is 28.7. The molecule has 0 bridgehead atoms. The third-order valence-electron chi connectivity index (χ3n) is 8.95. The lowest BCUT2D eigenvalue weighted by molar-refractivity contribution is -0.123. The Hall–Kier alpha value is -3.17. The minimum Gasteiger partial charge on any atom is -0.489 e. The summed E-state index contributed by atoms with van der Waals surface area (Å²) < 4.78 is 20.4. The number of benzene rings is 2. The molecule has 2 aromatic carbocycles. The largest absolute Gasteiger partial charge is 0.489 e. The summed E-state index contributed by atoms with van der Waals surface area (Å²) in [5.74, 6) is 0.131. The molecule has 2 N–H and O–H groups in total. The van der Waals surface area contributed by atoms with Crippen molar-refractivity contribution in [3.05, 3.63) is 59.9 Å². The van der Waals surface area contributed by atoms with Gasteiger partial charge in [0.2, 0.25) is 0 Å². The second kappa shape index (κ2) is 11.0. The maximum atomic E-state index is 14.3. The molecule has 1 amide bonds. The highest BCUT2D eigenvalue weighted by atomic mass is 19.1. The summed E-state index contributed by atoms with van der Waals surface area (Å²) in [7, 11) is 0. The molecule has 3 heterocycles. The van der Waals surface area contributed by atoms with Crippen LogP contribution in [0.2, 0.25) is 0 Å². The van der Waals surface area contributed by atoms with Gasteiger partial charge >= 0.3 is 6.09 Å². The first kappa shape index (κ1) is 28.4. The molecule has 2 aromatic rings. The summed E-state index contributed by atoms with van der Waals surface area (Å²) in [4.78, 5) is 29.3. The number of rotatable bonds is 7. The molecular formula is C31H41FN4O4. The van der Waals surface area contributed by atoms with Gasteiger partial charge in [-0.1, -0.05) is 51.1 Å². The Morgan fingerprint density at radius 1 is 1.12 bits per heavy atom. The van der Waals surface area contributed by atoms with Crippen molar-refractivity contribution in [1.29, 1.82) is 0 Å². The lowest BCUT2D eigenvalue weighted by atomic mass is 9.72. The van der Waals surface area contributed by atoms with Crippen molar-refractivity contribution in [2.24, 2.45) is 5.41 Å². The molecule has 3 unspecified atom stereocenters. The Morgan fingerprint density at radius 3 is 2.55 bits per heavy atom. The third-order valence-corrected chi connectivity index (χ3v) is 8.95. The predicted molar refractivity (Wildman–Crippen MR) is 152 cm³/mol. The van der Waals surface area contributed by atoms with E-state index in [-0.39, 0.29) is 35.0 Å². The minimum absolute atomic E-state index is 0.0524. The number of amides is 1. The first-order valence-corrected chi connectivity index (χ1v) is 14.3. The number of Topliss-reactive ketones (excluding diaryl/α,β-unsaturated/α-hetero) is 1. The highest BCUT2D eigenvalue weighted by Gasteiger charge is 2.57. The normalized spacial score (nSPS) is 26.7. The van der Waals surface area contributed by atoms with E-state index in [0.717, 1.165) is 24.9 Å². The molecule has 40 heavy (non-hydrogen) atoms. The van der Waals surface area contributed by atoms with Gasteiger partial charge in [0.1, 0.15) is 23.7 Å². The van der Waals surface area contributed by atoms with Gasteiger partial charge in [-0.2, -0.15) is 0 Å². The van der Waals surface area contributed by atoms with Gasteiger partial charge in [-0.25, -0.2) is 14.6 Å². The molecule has 4 atom stereocenters. The Labute approximate surface area is 236 Å². The van der Waals surface area contributed by atoms with E-state index < -0.39 is 11.6 Å². The summed E-state index contributed by atoms with van der Waals surface area (Å²) >= 11 is 0. The SMILES string of the molecule is CC(=O)C1(CCCCN2CCN(C(=O)O)C(C(C)(C)C)C2)NN2c3cc(F)ccc3OCC2[C@H]1c1ccccc1. The van der Waals surface area contributed by atoms with Crippen LogP contribution in [0.25, 0.3) is 0 Å². The molecule has 0 saturated carbocycles. The van der Waals surface area contributed by atoms with Crippen LogP contribution in [0.1, 0.15) is 58.4 Å². The van der Waals surface area contributed by atoms with Crippen LogP contribution in [0, 0.1) is 11.2 Å². The molecule has 3 aliphatic heterocycles. The van der Waals surface area contributed by atoms with E-state index in [9.17, 15) is 19.1 Å². The second-order valence-electron chi connectivity index (χ2n) is 12.5. The van der Waals surface area contributed by atoms with E-state index >= 15 is 0 Å². The smallest absolute Gasteiger partial charge is 0.407 e. The molecule has 3 aliphatic rings. The van der Waals surface area contributed by atoms with Crippen molar-refractivity contribution >= 4 is 17.6 Å². The Kier molecular flexibility index (Phi) is 7.81. The van der Waals surface area contributed by atoms with Crippen molar-refractivity contribution in [1.82, 2.24) is 15.2 Å². The Bertz CT molecular complexity index is 1240. The van der Waals surface area contributed by atoms with Gasteiger partial charge < -0.3 is 14.7 Å². The number of nitrogens with zero attached hydrogens (tertiary/aromatic N) is 3. The maximum absolute atomic E-state index is 14.3. The van der Waals surface area contributed by atoms with E-state index in [0.29, 0.717) is 44.1 Å². The molecule has 9 heteroatoms. The fraction of sp³-hybridized carbons (Fsp3) is 0.548. The number of carbonyl (C=O) groups is 2. The van der Waals surface area contributed by atoms with Crippen molar-refractivity contribution < 1.29 is 23.8 Å². The number of hydrogen-bond donors (Lipinski definition) is 2. The van der Waals surface area contributed by atoms with Gasteiger partial charge in [-0.05, 0) is 55.8 Å². The molecule has 0 aliphatic carbocycles. The summed E-state index contributed by atoms with van der Waals surface area (Å²) in [5.41, 5.74) is 4.22. The van der Waals surface area contributed by atoms with Crippen LogP contribution in [-0.2, 0) is 4.79 Å². The van der Waals surface area contributed by atoms with E-state index in [1.165, 1.54) is 12.1 Å². The zero-order valence-electron chi connectivity index (χ0n) is 23.9. The number of unbranched alkanes of at least 4 members (excludes halogenated alkanes) is 1. The van der Waals surface area contributed by atoms with Crippen LogP contribution in [0.5, 0.6) is 5.75 Å². The van der Waals surface area contributed by atoms with Gasteiger partial charge in [0.25, 0.3) is 0 Å². The van der Waals surface area contributed by atoms with E-state index in [2.05, 4.69) is 43.2 Å². The lowest BCUT2D eigenvalue weighted by Crippen LogP contribution is -2.59. The maximum Gasteiger partial charge on any atom is 0.407 e. The topological polar surface area (TPSA) is 85.4 Å². The van der Waals surface area contributed by atoms with Crippen LogP contribution in [0.4, 0.5) is 14.9 Å². The number of piperazine rings is 1. The number of carboxylic acid groups (broad SMARTS) is 1. The highest BCUT2D eigenvalue weighted by molar-refractivity contribution is 5.89. The summed E-state index contributed by atoms with van der Waals surface area (Å²) in [5, 5.41) is 11.7. The number of hydrogen-bond acceptors (Lipinski definition) is 6. The molecular weight excluding hydrogens is 511 g/mol. The fourth-order valence-corrected chi connectivity index (χ4v) is 6.83. The molecule has 0 radical (unpaired) electrons. The first-order valence-electron chi connectivity index (χ1n) is 14.3. The number of fused-ring (bicyclic) bond motifs is 3. The molecule has 2 saturated heterocycles. The summed E-state index contributed by atoms with van der Waals surface area (Å²) in [6.45, 7) is 11.1. The molecule has 2 fully saturated rings. The van der Waals surface area contributed by atoms with E-state index in [1.807, 2.05) is 23.2 Å². The molecule has 0 aromatic heterocycles. The average Bonchev–Trinajstić information content (AvgIpc) is 3.27. The molecule has 5 rings (SSSR count). The van der Waals surface area contributed by atoms with Crippen LogP contribution in [0.15, 0.2) is 48.5 Å². The van der Waals surface area contributed by atoms with Crippen molar-refractivity contribution in [3.8, 4) is 5.75 Å². The van der Waals surface area contributed by atoms with Crippen LogP contribution in [-0.4, -0.2) is 77.2 Å². The van der Waals surface area contributed by atoms with Gasteiger partial charge in [0.15, 0.2) is 5.78 Å². The van der Waals surface area contributed by atoms with E-state index in [4.69, 9.17) is 4.74 Å². The fourth-order valence-electron chi connectivity index (χ4n) is 6.83. The zero-order valence-corrected chi connectivity index (χ0v) is 23.9. The predicted octanol–water partition coefficient (Wildman–Crippen LogP) is 4.90. The van der Waals surface area contributed by atoms with Crippen LogP contribution in [0.3, 0.4) is 0 Å². The lowest BCUT2D eigenvalue weighted by Gasteiger charge is -2.46. The average molecular weight is 553 g/mol. The Balaban J connectivity index is 1.34. The molecule has 0 spiro atoms. The number of hydrazine groups is 1. The second-order valence-corrected chi connectivity index (χ2v) is 12.5. The monoisotopic (exact) mass is 552 g/mol. The number of ether oxygens (including phenoxy) is 1. The summed E-state index contributed by atoms with van der Waals surface area (Å²) in [6, 6.07) is 14.3.